The zero-order valence-corrected chi connectivity index (χ0v) is 15.1. The van der Waals surface area contributed by atoms with Gasteiger partial charge in [-0.3, -0.25) is 4.79 Å². The highest BCUT2D eigenvalue weighted by Gasteiger charge is 2.20. The molecular weight excluding hydrogens is 340 g/mol. The number of carbonyl (C=O) groups excluding carboxylic acids is 1. The molecule has 6 nitrogen and oxygen atoms in total. The Hall–Kier alpha value is -2.34. The van der Waals surface area contributed by atoms with Crippen molar-refractivity contribution in [3.05, 3.63) is 40.7 Å². The first kappa shape index (κ1) is 17.5. The molecule has 0 unspecified atom stereocenters. The Morgan fingerprint density at radius 1 is 1.20 bits per heavy atom. The fourth-order valence-corrected chi connectivity index (χ4v) is 3.06. The van der Waals surface area contributed by atoms with Gasteiger partial charge in [-0.05, 0) is 50.5 Å². The van der Waals surface area contributed by atoms with Crippen molar-refractivity contribution in [2.45, 2.75) is 26.2 Å². The van der Waals surface area contributed by atoms with Gasteiger partial charge in [0.15, 0.2) is 0 Å². The molecule has 1 aliphatic rings. The second-order valence-corrected chi connectivity index (χ2v) is 6.48. The minimum absolute atomic E-state index is 0.0497. The summed E-state index contributed by atoms with van der Waals surface area (Å²) in [7, 11) is 1.58. The van der Waals surface area contributed by atoms with Crippen molar-refractivity contribution in [3.63, 3.8) is 0 Å². The van der Waals surface area contributed by atoms with Crippen LogP contribution in [-0.2, 0) is 0 Å². The van der Waals surface area contributed by atoms with Gasteiger partial charge in [0.2, 0.25) is 5.95 Å². The van der Waals surface area contributed by atoms with Gasteiger partial charge in [0.05, 0.1) is 12.8 Å². The third-order valence-electron chi connectivity index (χ3n) is 4.12. The number of halogens is 1. The Kier molecular flexibility index (Phi) is 5.38. The summed E-state index contributed by atoms with van der Waals surface area (Å²) < 4.78 is 5.32. The molecule has 3 rings (SSSR count). The van der Waals surface area contributed by atoms with E-state index in [-0.39, 0.29) is 5.91 Å². The standard InChI is InChI=1S/C18H21ClN4O2/c1-12-10-15(17(24)23-8-4-3-5-9-23)22-18(20-12)21-14-11-13(19)6-7-16(14)25-2/h6-7,10-11H,3-5,8-9H2,1-2H3,(H,20,21,22). The van der Waals surface area contributed by atoms with E-state index in [2.05, 4.69) is 15.3 Å². The summed E-state index contributed by atoms with van der Waals surface area (Å²) >= 11 is 6.06. The summed E-state index contributed by atoms with van der Waals surface area (Å²) in [5.41, 5.74) is 1.77. The van der Waals surface area contributed by atoms with Crippen molar-refractivity contribution >= 4 is 29.1 Å². The van der Waals surface area contributed by atoms with Crippen LogP contribution in [0.15, 0.2) is 24.3 Å². The van der Waals surface area contributed by atoms with Gasteiger partial charge in [-0.25, -0.2) is 9.97 Å². The molecule has 1 aliphatic heterocycles. The average Bonchev–Trinajstić information content (AvgIpc) is 2.61. The molecule has 1 saturated heterocycles. The van der Waals surface area contributed by atoms with Crippen molar-refractivity contribution in [1.82, 2.24) is 14.9 Å². The minimum Gasteiger partial charge on any atom is -0.495 e. The highest BCUT2D eigenvalue weighted by Crippen LogP contribution is 2.29. The SMILES string of the molecule is COc1ccc(Cl)cc1Nc1nc(C)cc(C(=O)N2CCCCC2)n1. The van der Waals surface area contributed by atoms with E-state index in [9.17, 15) is 4.79 Å². The number of ether oxygens (including phenoxy) is 1. The molecule has 0 atom stereocenters. The van der Waals surface area contributed by atoms with Gasteiger partial charge in [-0.2, -0.15) is 0 Å². The molecule has 0 radical (unpaired) electrons. The summed E-state index contributed by atoms with van der Waals surface area (Å²) in [6.45, 7) is 3.41. The lowest BCUT2D eigenvalue weighted by molar-refractivity contribution is 0.0718. The van der Waals surface area contributed by atoms with Gasteiger partial charge < -0.3 is 15.0 Å². The van der Waals surface area contributed by atoms with E-state index in [4.69, 9.17) is 16.3 Å². The van der Waals surface area contributed by atoms with Crippen LogP contribution in [0.2, 0.25) is 5.02 Å². The maximum Gasteiger partial charge on any atom is 0.272 e. The van der Waals surface area contributed by atoms with Crippen molar-refractivity contribution < 1.29 is 9.53 Å². The van der Waals surface area contributed by atoms with E-state index in [0.717, 1.165) is 31.6 Å². The van der Waals surface area contributed by atoms with E-state index < -0.39 is 0 Å². The molecule has 1 N–H and O–H groups in total. The number of amides is 1. The number of rotatable bonds is 4. The van der Waals surface area contributed by atoms with Crippen LogP contribution in [0.4, 0.5) is 11.6 Å². The lowest BCUT2D eigenvalue weighted by atomic mass is 10.1. The number of hydrogen-bond donors (Lipinski definition) is 1. The largest absolute Gasteiger partial charge is 0.495 e. The van der Waals surface area contributed by atoms with Crippen molar-refractivity contribution in [2.75, 3.05) is 25.5 Å². The summed E-state index contributed by atoms with van der Waals surface area (Å²) in [5.74, 6) is 0.922. The zero-order chi connectivity index (χ0) is 17.8. The van der Waals surface area contributed by atoms with E-state index in [0.29, 0.717) is 28.1 Å². The molecule has 0 aliphatic carbocycles. The summed E-state index contributed by atoms with van der Waals surface area (Å²) in [6.07, 6.45) is 3.26. The van der Waals surface area contributed by atoms with E-state index in [1.54, 1.807) is 31.4 Å². The number of likely N-dealkylation sites (tertiary alicyclic amines) is 1. The number of piperidine rings is 1. The van der Waals surface area contributed by atoms with Crippen LogP contribution < -0.4 is 10.1 Å². The Labute approximate surface area is 152 Å². The number of benzene rings is 1. The van der Waals surface area contributed by atoms with E-state index >= 15 is 0 Å². The third-order valence-corrected chi connectivity index (χ3v) is 4.36. The lowest BCUT2D eigenvalue weighted by Crippen LogP contribution is -2.36. The monoisotopic (exact) mass is 360 g/mol. The van der Waals surface area contributed by atoms with Crippen molar-refractivity contribution in [1.29, 1.82) is 0 Å². The highest BCUT2D eigenvalue weighted by atomic mass is 35.5. The second kappa shape index (κ2) is 7.70. The molecule has 1 amide bonds. The Morgan fingerprint density at radius 2 is 1.96 bits per heavy atom. The maximum absolute atomic E-state index is 12.7. The van der Waals surface area contributed by atoms with Crippen LogP contribution in [0.3, 0.4) is 0 Å². The number of aryl methyl sites for hydroxylation is 1. The molecule has 132 valence electrons. The first-order valence-electron chi connectivity index (χ1n) is 8.32. The van der Waals surface area contributed by atoms with Gasteiger partial charge in [-0.1, -0.05) is 11.6 Å². The Bertz CT molecular complexity index is 776. The third kappa shape index (κ3) is 4.20. The minimum atomic E-state index is -0.0497. The Morgan fingerprint density at radius 3 is 2.68 bits per heavy atom. The first-order chi connectivity index (χ1) is 12.1. The van der Waals surface area contributed by atoms with E-state index in [1.165, 1.54) is 6.42 Å². The predicted octanol–water partition coefficient (Wildman–Crippen LogP) is 3.82. The molecule has 0 bridgehead atoms. The van der Waals surface area contributed by atoms with Crippen LogP contribution in [0, 0.1) is 6.92 Å². The fourth-order valence-electron chi connectivity index (χ4n) is 2.89. The second-order valence-electron chi connectivity index (χ2n) is 6.04. The quantitative estimate of drug-likeness (QED) is 0.897. The van der Waals surface area contributed by atoms with Crippen LogP contribution in [0.1, 0.15) is 35.4 Å². The van der Waals surface area contributed by atoms with Crippen LogP contribution in [-0.4, -0.2) is 41.0 Å². The highest BCUT2D eigenvalue weighted by molar-refractivity contribution is 6.31. The van der Waals surface area contributed by atoms with Gasteiger partial charge in [0.25, 0.3) is 5.91 Å². The summed E-state index contributed by atoms with van der Waals surface area (Å²) in [4.78, 5) is 23.3. The molecule has 2 aromatic rings. The molecule has 1 aromatic carbocycles. The van der Waals surface area contributed by atoms with E-state index in [1.807, 2.05) is 11.8 Å². The number of aromatic nitrogens is 2. The zero-order valence-electron chi connectivity index (χ0n) is 14.4. The molecular formula is C18H21ClN4O2. The summed E-state index contributed by atoms with van der Waals surface area (Å²) in [5, 5.41) is 3.67. The van der Waals surface area contributed by atoms with Gasteiger partial charge in [0, 0.05) is 23.8 Å². The molecule has 0 spiro atoms. The molecule has 1 aromatic heterocycles. The molecule has 25 heavy (non-hydrogen) atoms. The van der Waals surface area contributed by atoms with Gasteiger partial charge in [0.1, 0.15) is 11.4 Å². The number of nitrogens with one attached hydrogen (secondary N) is 1. The normalized spacial score (nSPS) is 14.3. The Balaban J connectivity index is 1.87. The topological polar surface area (TPSA) is 67.3 Å². The molecule has 0 saturated carbocycles. The van der Waals surface area contributed by atoms with Crippen LogP contribution >= 0.6 is 11.6 Å². The smallest absolute Gasteiger partial charge is 0.272 e. The average molecular weight is 361 g/mol. The van der Waals surface area contributed by atoms with Crippen LogP contribution in [0.25, 0.3) is 0 Å². The predicted molar refractivity (Wildman–Crippen MR) is 97.8 cm³/mol. The number of anilines is 2. The molecule has 2 heterocycles. The number of nitrogens with zero attached hydrogens (tertiary/aromatic N) is 3. The molecule has 7 heteroatoms. The fraction of sp³-hybridized carbons (Fsp3) is 0.389. The molecule has 1 fully saturated rings. The number of carbonyl (C=O) groups is 1. The van der Waals surface area contributed by atoms with Crippen molar-refractivity contribution in [3.8, 4) is 5.75 Å². The number of methoxy groups -OCH3 is 1. The van der Waals surface area contributed by atoms with Gasteiger partial charge >= 0.3 is 0 Å². The maximum atomic E-state index is 12.7. The lowest BCUT2D eigenvalue weighted by Gasteiger charge is -2.26. The first-order valence-corrected chi connectivity index (χ1v) is 8.70. The summed E-state index contributed by atoms with van der Waals surface area (Å²) in [6, 6.07) is 6.96. The number of hydrogen-bond acceptors (Lipinski definition) is 5. The van der Waals surface area contributed by atoms with Crippen LogP contribution in [0.5, 0.6) is 5.75 Å². The van der Waals surface area contributed by atoms with Gasteiger partial charge in [-0.15, -0.1) is 0 Å². The van der Waals surface area contributed by atoms with Crippen molar-refractivity contribution in [2.24, 2.45) is 0 Å².